The van der Waals surface area contributed by atoms with Crippen molar-refractivity contribution in [2.75, 3.05) is 6.67 Å². The Bertz CT molecular complexity index is 38.5. The van der Waals surface area contributed by atoms with Gasteiger partial charge < -0.3 is 0 Å². The van der Waals surface area contributed by atoms with Gasteiger partial charge in [-0.05, 0) is 0 Å². The van der Waals surface area contributed by atoms with Crippen molar-refractivity contribution in [1.29, 1.82) is 0 Å². The van der Waals surface area contributed by atoms with Crippen molar-refractivity contribution < 1.29 is 13.9 Å². The number of rotatable bonds is 1. The maximum Gasteiger partial charge on any atom is 0.266 e. The summed E-state index contributed by atoms with van der Waals surface area (Å²) in [7, 11) is 0. The molecule has 37 valence electrons. The Labute approximate surface area is 34.6 Å². The van der Waals surface area contributed by atoms with Crippen molar-refractivity contribution >= 4 is 0 Å². The van der Waals surface area contributed by atoms with Crippen LogP contribution < -0.4 is 0 Å². The minimum Gasteiger partial charge on any atom is -0.245 e. The molecule has 1 atom stereocenters. The molecule has 1 unspecified atom stereocenters. The fraction of sp³-hybridized carbons (Fsp3) is 1.00. The molecule has 0 aliphatic heterocycles. The van der Waals surface area contributed by atoms with E-state index in [2.05, 4.69) is 0 Å². The van der Waals surface area contributed by atoms with E-state index in [9.17, 15) is 13.9 Å². The SMILES string of the molecule is CC([O])(F)CF. The molecule has 0 amide bonds. The molecule has 1 radical (unpaired) electrons. The first-order valence-corrected chi connectivity index (χ1v) is 1.51. The molecule has 0 fully saturated rings. The highest BCUT2D eigenvalue weighted by Crippen LogP contribution is 2.03. The van der Waals surface area contributed by atoms with Gasteiger partial charge in [0.25, 0.3) is 5.85 Å². The lowest BCUT2D eigenvalue weighted by molar-refractivity contribution is -0.138. The normalized spacial score (nSPS) is 20.0. The van der Waals surface area contributed by atoms with Crippen molar-refractivity contribution in [2.45, 2.75) is 12.8 Å². The fourth-order valence-electron chi connectivity index (χ4n) is 0. The van der Waals surface area contributed by atoms with E-state index >= 15 is 0 Å². The molecular formula is C3H5F2O. The fourth-order valence-corrected chi connectivity index (χ4v) is 0. The van der Waals surface area contributed by atoms with Gasteiger partial charge in [-0.2, -0.15) is 5.11 Å². The van der Waals surface area contributed by atoms with Gasteiger partial charge in [-0.3, -0.25) is 0 Å². The van der Waals surface area contributed by atoms with Gasteiger partial charge in [0.1, 0.15) is 0 Å². The van der Waals surface area contributed by atoms with Crippen molar-refractivity contribution in [3.05, 3.63) is 0 Å². The topological polar surface area (TPSA) is 19.9 Å². The van der Waals surface area contributed by atoms with Crippen LogP contribution in [0.2, 0.25) is 0 Å². The predicted molar refractivity (Wildman–Crippen MR) is 16.2 cm³/mol. The van der Waals surface area contributed by atoms with Gasteiger partial charge in [0.2, 0.25) is 0 Å². The number of alkyl halides is 2. The Kier molecular flexibility index (Phi) is 1.47. The molecule has 0 heterocycles. The third-order valence-electron chi connectivity index (χ3n) is 0.239. The van der Waals surface area contributed by atoms with E-state index in [-0.39, 0.29) is 0 Å². The standard InChI is InChI=1S/C3H5F2O/c1-3(5,6)2-4/h2H2,1H3. The van der Waals surface area contributed by atoms with Gasteiger partial charge in [0, 0.05) is 6.92 Å². The highest BCUT2D eigenvalue weighted by atomic mass is 19.2. The average Bonchev–Trinajstić information content (AvgIpc) is 1.35. The van der Waals surface area contributed by atoms with E-state index < -0.39 is 12.5 Å². The van der Waals surface area contributed by atoms with Crippen LogP contribution in [-0.4, -0.2) is 12.5 Å². The molecule has 0 aromatic carbocycles. The minimum atomic E-state index is -2.88. The number of hydrogen-bond donors (Lipinski definition) is 0. The maximum absolute atomic E-state index is 11.2. The van der Waals surface area contributed by atoms with Gasteiger partial charge in [-0.1, -0.05) is 0 Å². The third kappa shape index (κ3) is 3.82. The molecule has 0 spiro atoms. The summed E-state index contributed by atoms with van der Waals surface area (Å²) in [5.41, 5.74) is 0. The van der Waals surface area contributed by atoms with Crippen LogP contribution in [-0.2, 0) is 5.11 Å². The van der Waals surface area contributed by atoms with Gasteiger partial charge >= 0.3 is 0 Å². The second kappa shape index (κ2) is 1.51. The smallest absolute Gasteiger partial charge is 0.245 e. The van der Waals surface area contributed by atoms with Crippen molar-refractivity contribution in [1.82, 2.24) is 0 Å². The molecule has 0 N–H and O–H groups in total. The zero-order valence-corrected chi connectivity index (χ0v) is 3.37. The van der Waals surface area contributed by atoms with Crippen LogP contribution >= 0.6 is 0 Å². The van der Waals surface area contributed by atoms with E-state index in [1.54, 1.807) is 0 Å². The molecule has 0 bridgehead atoms. The molecule has 0 aromatic heterocycles. The van der Waals surface area contributed by atoms with Crippen LogP contribution in [0.25, 0.3) is 0 Å². The van der Waals surface area contributed by atoms with Crippen LogP contribution in [0, 0.1) is 0 Å². The quantitative estimate of drug-likeness (QED) is 0.464. The molecule has 6 heavy (non-hydrogen) atoms. The van der Waals surface area contributed by atoms with E-state index in [4.69, 9.17) is 0 Å². The van der Waals surface area contributed by atoms with Crippen molar-refractivity contribution in [3.8, 4) is 0 Å². The monoisotopic (exact) mass is 95.0 g/mol. The molecule has 0 saturated carbocycles. The molecule has 0 aliphatic carbocycles. The Balaban J connectivity index is 3.17. The summed E-state index contributed by atoms with van der Waals surface area (Å²) in [5, 5.41) is 9.43. The summed E-state index contributed by atoms with van der Waals surface area (Å²) < 4.78 is 22.0. The van der Waals surface area contributed by atoms with Gasteiger partial charge in [-0.15, -0.1) is 0 Å². The van der Waals surface area contributed by atoms with Crippen LogP contribution in [0.1, 0.15) is 6.92 Å². The Morgan fingerprint density at radius 2 is 2.00 bits per heavy atom. The summed E-state index contributed by atoms with van der Waals surface area (Å²) >= 11 is 0. The Morgan fingerprint density at radius 3 is 2.00 bits per heavy atom. The van der Waals surface area contributed by atoms with E-state index in [1.807, 2.05) is 0 Å². The average molecular weight is 95.1 g/mol. The predicted octanol–water partition coefficient (Wildman–Crippen LogP) is 1.07. The largest absolute Gasteiger partial charge is 0.266 e. The summed E-state index contributed by atoms with van der Waals surface area (Å²) in [6.45, 7) is -0.806. The van der Waals surface area contributed by atoms with Crippen LogP contribution in [0.15, 0.2) is 0 Å². The van der Waals surface area contributed by atoms with Crippen LogP contribution in [0.3, 0.4) is 0 Å². The van der Waals surface area contributed by atoms with E-state index in [0.29, 0.717) is 6.92 Å². The summed E-state index contributed by atoms with van der Waals surface area (Å²) in [6, 6.07) is 0. The van der Waals surface area contributed by atoms with E-state index in [0.717, 1.165) is 0 Å². The highest BCUT2D eigenvalue weighted by Gasteiger charge is 2.18. The Morgan fingerprint density at radius 1 is 1.83 bits per heavy atom. The van der Waals surface area contributed by atoms with Crippen molar-refractivity contribution in [3.63, 3.8) is 0 Å². The summed E-state index contributed by atoms with van der Waals surface area (Å²) in [4.78, 5) is 0. The lowest BCUT2D eigenvalue weighted by atomic mass is 10.4. The molecule has 0 saturated heterocycles. The summed E-state index contributed by atoms with van der Waals surface area (Å²) in [5.74, 6) is -2.88. The van der Waals surface area contributed by atoms with Gasteiger partial charge in [0.05, 0.1) is 0 Å². The van der Waals surface area contributed by atoms with Crippen LogP contribution in [0.5, 0.6) is 0 Å². The highest BCUT2D eigenvalue weighted by molar-refractivity contribution is 4.49. The lowest BCUT2D eigenvalue weighted by Gasteiger charge is -1.99. The molecule has 0 rings (SSSR count). The number of halogens is 2. The van der Waals surface area contributed by atoms with E-state index in [1.165, 1.54) is 0 Å². The Hall–Kier alpha value is -0.180. The molecular weight excluding hydrogens is 90.0 g/mol. The third-order valence-corrected chi connectivity index (χ3v) is 0.239. The zero-order chi connectivity index (χ0) is 5.21. The molecule has 3 heteroatoms. The van der Waals surface area contributed by atoms with Gasteiger partial charge in [0.15, 0.2) is 6.67 Å². The summed E-state index contributed by atoms with van der Waals surface area (Å²) in [6.07, 6.45) is 0. The van der Waals surface area contributed by atoms with Crippen LogP contribution in [0.4, 0.5) is 8.78 Å². The number of hydrogen-bond acceptors (Lipinski definition) is 0. The minimum absolute atomic E-state index is 0.646. The van der Waals surface area contributed by atoms with Gasteiger partial charge in [-0.25, -0.2) is 8.78 Å². The molecule has 0 aliphatic rings. The lowest BCUT2D eigenvalue weighted by Crippen LogP contribution is -2.16. The second-order valence-electron chi connectivity index (χ2n) is 1.24. The van der Waals surface area contributed by atoms with Crippen molar-refractivity contribution in [2.24, 2.45) is 0 Å². The zero-order valence-electron chi connectivity index (χ0n) is 3.37. The molecule has 1 nitrogen and oxygen atoms in total. The first-order chi connectivity index (χ1) is 2.56. The maximum atomic E-state index is 11.2. The second-order valence-corrected chi connectivity index (χ2v) is 1.24. The first kappa shape index (κ1) is 5.82. The first-order valence-electron chi connectivity index (χ1n) is 1.51. The molecule has 0 aromatic rings.